The summed E-state index contributed by atoms with van der Waals surface area (Å²) in [7, 11) is 0. The second-order valence-corrected chi connectivity index (χ2v) is 7.30. The summed E-state index contributed by atoms with van der Waals surface area (Å²) in [6.45, 7) is 0. The van der Waals surface area contributed by atoms with Crippen LogP contribution in [0.2, 0.25) is 0 Å². The van der Waals surface area contributed by atoms with Gasteiger partial charge in [-0.25, -0.2) is 4.99 Å². The van der Waals surface area contributed by atoms with Gasteiger partial charge in [0, 0.05) is 10.1 Å². The smallest absolute Gasteiger partial charge is 0.196 e. The first kappa shape index (κ1) is 14.0. The molecule has 116 valence electrons. The van der Waals surface area contributed by atoms with Crippen LogP contribution in [-0.2, 0) is 0 Å². The summed E-state index contributed by atoms with van der Waals surface area (Å²) < 4.78 is 1.25. The van der Waals surface area contributed by atoms with E-state index in [-0.39, 0.29) is 6.04 Å². The Kier molecular flexibility index (Phi) is 3.12. The quantitative estimate of drug-likeness (QED) is 0.409. The molecule has 1 aliphatic rings. The van der Waals surface area contributed by atoms with Crippen molar-refractivity contribution in [3.05, 3.63) is 77.2 Å². The van der Waals surface area contributed by atoms with Crippen LogP contribution in [0.15, 0.2) is 71.7 Å². The van der Waals surface area contributed by atoms with Crippen molar-refractivity contribution >= 4 is 54.8 Å². The van der Waals surface area contributed by atoms with Gasteiger partial charge in [-0.05, 0) is 34.0 Å². The van der Waals surface area contributed by atoms with Crippen molar-refractivity contribution in [1.29, 1.82) is 0 Å². The first-order chi connectivity index (χ1) is 11.8. The minimum Gasteiger partial charge on any atom is -0.329 e. The van der Waals surface area contributed by atoms with Gasteiger partial charge >= 0.3 is 0 Å². The van der Waals surface area contributed by atoms with Gasteiger partial charge in [-0.3, -0.25) is 0 Å². The number of nitrogens with zero attached hydrogens (tertiary/aromatic N) is 1. The third-order valence-electron chi connectivity index (χ3n) is 4.46. The SMILES string of the molecule is ClC1=NC(c2cccc3ccccc23)c2sc3ccccc3c2N1. The van der Waals surface area contributed by atoms with Gasteiger partial charge in [-0.2, -0.15) is 0 Å². The lowest BCUT2D eigenvalue weighted by Gasteiger charge is -2.21. The van der Waals surface area contributed by atoms with E-state index in [0.29, 0.717) is 5.29 Å². The largest absolute Gasteiger partial charge is 0.329 e. The molecule has 0 fully saturated rings. The van der Waals surface area contributed by atoms with Gasteiger partial charge in [0.2, 0.25) is 0 Å². The van der Waals surface area contributed by atoms with E-state index < -0.39 is 0 Å². The van der Waals surface area contributed by atoms with Crippen molar-refractivity contribution in [3.8, 4) is 0 Å². The Morgan fingerprint density at radius 1 is 0.875 bits per heavy atom. The van der Waals surface area contributed by atoms with Crippen molar-refractivity contribution in [2.24, 2.45) is 4.99 Å². The fourth-order valence-corrected chi connectivity index (χ4v) is 4.80. The average molecular weight is 349 g/mol. The molecule has 1 aromatic heterocycles. The summed E-state index contributed by atoms with van der Waals surface area (Å²) in [5, 5.41) is 7.36. The summed E-state index contributed by atoms with van der Waals surface area (Å²) in [6, 6.07) is 23.1. The zero-order valence-corrected chi connectivity index (χ0v) is 14.2. The maximum absolute atomic E-state index is 6.34. The van der Waals surface area contributed by atoms with Crippen LogP contribution < -0.4 is 5.32 Å². The topological polar surface area (TPSA) is 24.4 Å². The lowest BCUT2D eigenvalue weighted by atomic mass is 9.96. The number of thiophene rings is 1. The molecule has 4 heteroatoms. The van der Waals surface area contributed by atoms with E-state index in [2.05, 4.69) is 72.0 Å². The molecule has 24 heavy (non-hydrogen) atoms. The summed E-state index contributed by atoms with van der Waals surface area (Å²) >= 11 is 8.13. The second-order valence-electron chi connectivity index (χ2n) is 5.85. The lowest BCUT2D eigenvalue weighted by Crippen LogP contribution is -2.15. The third-order valence-corrected chi connectivity index (χ3v) is 5.87. The van der Waals surface area contributed by atoms with Crippen LogP contribution in [0.3, 0.4) is 0 Å². The predicted octanol–water partition coefficient (Wildman–Crippen LogP) is 6.16. The highest BCUT2D eigenvalue weighted by atomic mass is 35.5. The first-order valence-corrected chi connectivity index (χ1v) is 9.00. The molecule has 5 rings (SSSR count). The number of hydrogen-bond acceptors (Lipinski definition) is 3. The van der Waals surface area contributed by atoms with E-state index in [4.69, 9.17) is 16.6 Å². The molecular weight excluding hydrogens is 336 g/mol. The van der Waals surface area contributed by atoms with Gasteiger partial charge in [-0.1, -0.05) is 60.7 Å². The molecule has 0 saturated carbocycles. The molecule has 0 saturated heterocycles. The van der Waals surface area contributed by atoms with E-state index in [9.17, 15) is 0 Å². The predicted molar refractivity (Wildman–Crippen MR) is 105 cm³/mol. The number of amidine groups is 1. The normalized spacial score (nSPS) is 16.7. The minimum absolute atomic E-state index is 0.0720. The number of nitrogens with one attached hydrogen (secondary N) is 1. The van der Waals surface area contributed by atoms with E-state index in [0.717, 1.165) is 5.69 Å². The van der Waals surface area contributed by atoms with E-state index in [1.165, 1.54) is 31.3 Å². The molecule has 3 aromatic carbocycles. The Hall–Kier alpha value is -2.36. The molecule has 1 atom stereocenters. The van der Waals surface area contributed by atoms with Crippen molar-refractivity contribution in [2.45, 2.75) is 6.04 Å². The number of hydrogen-bond donors (Lipinski definition) is 1. The first-order valence-electron chi connectivity index (χ1n) is 7.81. The standard InChI is InChI=1S/C20H13ClN2S/c21-20-22-17(14-10-5-7-12-6-1-2-8-13(12)14)19-18(23-20)15-9-3-4-11-16(15)24-19/h1-11,17H,(H,22,23). The fourth-order valence-electron chi connectivity index (χ4n) is 3.39. The van der Waals surface area contributed by atoms with Crippen molar-refractivity contribution in [1.82, 2.24) is 0 Å². The van der Waals surface area contributed by atoms with Crippen LogP contribution in [0.4, 0.5) is 5.69 Å². The van der Waals surface area contributed by atoms with Crippen molar-refractivity contribution in [2.75, 3.05) is 5.32 Å². The number of aliphatic imine (C=N–C) groups is 1. The van der Waals surface area contributed by atoms with Crippen LogP contribution in [0.1, 0.15) is 16.5 Å². The zero-order valence-electron chi connectivity index (χ0n) is 12.7. The third kappa shape index (κ3) is 2.05. The van der Waals surface area contributed by atoms with Crippen LogP contribution in [0.25, 0.3) is 20.9 Å². The molecule has 2 heterocycles. The van der Waals surface area contributed by atoms with Crippen molar-refractivity contribution < 1.29 is 0 Å². The molecule has 0 bridgehead atoms. The van der Waals surface area contributed by atoms with Gasteiger partial charge in [-0.15, -0.1) is 11.3 Å². The Labute approximate surface area is 148 Å². The molecule has 0 spiro atoms. The molecule has 0 radical (unpaired) electrons. The molecule has 2 nitrogen and oxygen atoms in total. The van der Waals surface area contributed by atoms with Gasteiger partial charge in [0.25, 0.3) is 0 Å². The number of rotatable bonds is 1. The molecule has 1 unspecified atom stereocenters. The van der Waals surface area contributed by atoms with E-state index in [1.807, 2.05) is 0 Å². The highest BCUT2D eigenvalue weighted by Gasteiger charge is 2.27. The van der Waals surface area contributed by atoms with Gasteiger partial charge < -0.3 is 5.32 Å². The maximum Gasteiger partial charge on any atom is 0.196 e. The van der Waals surface area contributed by atoms with Crippen LogP contribution in [-0.4, -0.2) is 5.29 Å². The van der Waals surface area contributed by atoms with E-state index >= 15 is 0 Å². The summed E-state index contributed by atoms with van der Waals surface area (Å²) in [5.74, 6) is 0. The number of halogens is 1. The highest BCUT2D eigenvalue weighted by molar-refractivity contribution is 7.20. The zero-order chi connectivity index (χ0) is 16.1. The molecule has 1 aliphatic heterocycles. The number of benzene rings is 3. The van der Waals surface area contributed by atoms with Crippen molar-refractivity contribution in [3.63, 3.8) is 0 Å². The lowest BCUT2D eigenvalue weighted by molar-refractivity contribution is 0.900. The number of fused-ring (bicyclic) bond motifs is 4. The Morgan fingerprint density at radius 2 is 1.62 bits per heavy atom. The molecular formula is C20H13ClN2S. The summed E-state index contributed by atoms with van der Waals surface area (Å²) in [4.78, 5) is 5.94. The fraction of sp³-hybridized carbons (Fsp3) is 0.0500. The van der Waals surface area contributed by atoms with Crippen LogP contribution in [0.5, 0.6) is 0 Å². The van der Waals surface area contributed by atoms with Crippen LogP contribution in [0, 0.1) is 0 Å². The molecule has 0 amide bonds. The maximum atomic E-state index is 6.34. The Bertz CT molecular complexity index is 1110. The Morgan fingerprint density at radius 3 is 2.54 bits per heavy atom. The minimum atomic E-state index is -0.0720. The average Bonchev–Trinajstić information content (AvgIpc) is 2.99. The monoisotopic (exact) mass is 348 g/mol. The molecule has 1 N–H and O–H groups in total. The highest BCUT2D eigenvalue weighted by Crippen LogP contribution is 2.46. The number of anilines is 1. The van der Waals surface area contributed by atoms with Gasteiger partial charge in [0.1, 0.15) is 6.04 Å². The Balaban J connectivity index is 1.80. The van der Waals surface area contributed by atoms with Crippen LogP contribution >= 0.6 is 22.9 Å². The summed E-state index contributed by atoms with van der Waals surface area (Å²) in [6.07, 6.45) is 0. The molecule has 4 aromatic rings. The van der Waals surface area contributed by atoms with Gasteiger partial charge in [0.05, 0.1) is 10.6 Å². The second kappa shape index (κ2) is 5.33. The van der Waals surface area contributed by atoms with E-state index in [1.54, 1.807) is 11.3 Å². The van der Waals surface area contributed by atoms with Gasteiger partial charge in [0.15, 0.2) is 5.29 Å². The molecule has 0 aliphatic carbocycles. The summed E-state index contributed by atoms with van der Waals surface area (Å²) in [5.41, 5.74) is 2.29.